The molecule has 2 rings (SSSR count). The van der Waals surface area contributed by atoms with E-state index in [0.29, 0.717) is 6.54 Å². The molecule has 0 spiro atoms. The van der Waals surface area contributed by atoms with E-state index in [1.807, 2.05) is 0 Å². The lowest BCUT2D eigenvalue weighted by atomic mass is 10.2. The maximum absolute atomic E-state index is 13.8. The molecular formula is C13H16BrFN2O3S. The molecule has 0 heterocycles. The van der Waals surface area contributed by atoms with Crippen LogP contribution < -0.4 is 10.5 Å². The highest BCUT2D eigenvalue weighted by atomic mass is 79.9. The highest BCUT2D eigenvalue weighted by molar-refractivity contribution is 9.10. The minimum atomic E-state index is -4.03. The number of amides is 1. The van der Waals surface area contributed by atoms with Crippen molar-refractivity contribution in [2.45, 2.75) is 30.6 Å². The lowest BCUT2D eigenvalue weighted by molar-refractivity contribution is 0.0948. The molecule has 0 unspecified atom stereocenters. The summed E-state index contributed by atoms with van der Waals surface area (Å²) in [6.45, 7) is 0.440. The van der Waals surface area contributed by atoms with Crippen molar-refractivity contribution in [2.24, 2.45) is 11.1 Å². The number of sulfonamides is 1. The van der Waals surface area contributed by atoms with Crippen LogP contribution in [0.1, 0.15) is 36.0 Å². The number of hydrogen-bond acceptors (Lipinski definition) is 3. The van der Waals surface area contributed by atoms with Gasteiger partial charge in [0.15, 0.2) is 0 Å². The van der Waals surface area contributed by atoms with Gasteiger partial charge in [-0.25, -0.2) is 17.9 Å². The molecule has 1 saturated carbocycles. The van der Waals surface area contributed by atoms with E-state index in [1.165, 1.54) is 12.8 Å². The van der Waals surface area contributed by atoms with Gasteiger partial charge in [0.05, 0.1) is 10.5 Å². The van der Waals surface area contributed by atoms with Crippen LogP contribution >= 0.6 is 15.9 Å². The van der Waals surface area contributed by atoms with Gasteiger partial charge in [-0.3, -0.25) is 4.79 Å². The molecule has 21 heavy (non-hydrogen) atoms. The number of primary sulfonamides is 1. The number of rotatable bonds is 6. The van der Waals surface area contributed by atoms with Gasteiger partial charge < -0.3 is 5.32 Å². The summed E-state index contributed by atoms with van der Waals surface area (Å²) < 4.78 is 36.5. The molecule has 0 radical (unpaired) electrons. The van der Waals surface area contributed by atoms with E-state index in [1.54, 1.807) is 0 Å². The summed E-state index contributed by atoms with van der Waals surface area (Å²) in [6.07, 6.45) is 4.36. The van der Waals surface area contributed by atoms with Gasteiger partial charge in [-0.1, -0.05) is 12.8 Å². The average molecular weight is 379 g/mol. The largest absolute Gasteiger partial charge is 0.352 e. The fourth-order valence-corrected chi connectivity index (χ4v) is 3.62. The number of benzene rings is 1. The normalized spacial score (nSPS) is 15.0. The van der Waals surface area contributed by atoms with Crippen molar-refractivity contribution in [3.8, 4) is 0 Å². The van der Waals surface area contributed by atoms with Gasteiger partial charge in [-0.2, -0.15) is 0 Å². The Morgan fingerprint density at radius 3 is 2.67 bits per heavy atom. The predicted octanol–water partition coefficient (Wildman–Crippen LogP) is 2.16. The minimum Gasteiger partial charge on any atom is -0.352 e. The quantitative estimate of drug-likeness (QED) is 0.743. The smallest absolute Gasteiger partial charge is 0.254 e. The van der Waals surface area contributed by atoms with Crippen molar-refractivity contribution in [3.05, 3.63) is 28.0 Å². The van der Waals surface area contributed by atoms with Crippen LogP contribution in [0, 0.1) is 11.7 Å². The predicted molar refractivity (Wildman–Crippen MR) is 79.8 cm³/mol. The molecule has 1 aromatic carbocycles. The van der Waals surface area contributed by atoms with E-state index in [0.717, 1.165) is 30.9 Å². The van der Waals surface area contributed by atoms with Crippen LogP contribution in [0.5, 0.6) is 0 Å². The van der Waals surface area contributed by atoms with Crippen molar-refractivity contribution in [1.82, 2.24) is 5.32 Å². The number of carbonyl (C=O) groups excluding carboxylic acids is 1. The summed E-state index contributed by atoms with van der Waals surface area (Å²) in [5.74, 6) is -0.671. The Kier molecular flexibility index (Phi) is 5.00. The summed E-state index contributed by atoms with van der Waals surface area (Å²) in [4.78, 5) is 11.6. The second kappa shape index (κ2) is 6.41. The molecule has 8 heteroatoms. The van der Waals surface area contributed by atoms with Crippen LogP contribution in [0.3, 0.4) is 0 Å². The van der Waals surface area contributed by atoms with Crippen LogP contribution in [0.25, 0.3) is 0 Å². The lowest BCUT2D eigenvalue weighted by Gasteiger charge is -2.09. The van der Waals surface area contributed by atoms with Gasteiger partial charge in [-0.05, 0) is 46.8 Å². The highest BCUT2D eigenvalue weighted by Crippen LogP contribution is 2.33. The standard InChI is InChI=1S/C13H16BrFN2O3S/c14-10-7-11(15)9(6-12(10)21(16,19)20)13(18)17-5-1-2-8-3-4-8/h6-8H,1-5H2,(H,17,18)(H2,16,19,20). The van der Waals surface area contributed by atoms with Crippen molar-refractivity contribution >= 4 is 31.9 Å². The Balaban J connectivity index is 2.08. The first-order valence-corrected chi connectivity index (χ1v) is 8.93. The van der Waals surface area contributed by atoms with Crippen LogP contribution in [0.2, 0.25) is 0 Å². The molecule has 116 valence electrons. The van der Waals surface area contributed by atoms with Gasteiger partial charge in [0.1, 0.15) is 5.82 Å². The first-order chi connectivity index (χ1) is 9.79. The first-order valence-electron chi connectivity index (χ1n) is 6.59. The molecule has 1 aliphatic carbocycles. The van der Waals surface area contributed by atoms with Crippen LogP contribution in [-0.4, -0.2) is 20.9 Å². The monoisotopic (exact) mass is 378 g/mol. The van der Waals surface area contributed by atoms with Crippen LogP contribution in [-0.2, 0) is 10.0 Å². The molecule has 0 aromatic heterocycles. The van der Waals surface area contributed by atoms with E-state index in [4.69, 9.17) is 5.14 Å². The molecule has 1 aromatic rings. The Bertz CT molecular complexity index is 660. The third-order valence-electron chi connectivity index (χ3n) is 3.34. The van der Waals surface area contributed by atoms with Gasteiger partial charge in [0.2, 0.25) is 10.0 Å². The molecular weight excluding hydrogens is 363 g/mol. The van der Waals surface area contributed by atoms with Crippen LogP contribution in [0.4, 0.5) is 4.39 Å². The minimum absolute atomic E-state index is 0.00668. The molecule has 0 saturated heterocycles. The number of halogens is 2. The lowest BCUT2D eigenvalue weighted by Crippen LogP contribution is -2.26. The van der Waals surface area contributed by atoms with Gasteiger partial charge in [-0.15, -0.1) is 0 Å². The van der Waals surface area contributed by atoms with Crippen molar-refractivity contribution in [2.75, 3.05) is 6.54 Å². The second-order valence-electron chi connectivity index (χ2n) is 5.15. The first kappa shape index (κ1) is 16.4. The van der Waals surface area contributed by atoms with E-state index < -0.39 is 21.7 Å². The fourth-order valence-electron chi connectivity index (χ4n) is 2.02. The fraction of sp³-hybridized carbons (Fsp3) is 0.462. The Morgan fingerprint density at radius 1 is 1.43 bits per heavy atom. The summed E-state index contributed by atoms with van der Waals surface area (Å²) in [5, 5.41) is 7.62. The van der Waals surface area contributed by atoms with E-state index >= 15 is 0 Å². The number of nitrogens with one attached hydrogen (secondary N) is 1. The molecule has 1 aliphatic rings. The molecule has 1 fully saturated rings. The Labute approximate surface area is 131 Å². The zero-order valence-electron chi connectivity index (χ0n) is 11.2. The molecule has 5 nitrogen and oxygen atoms in total. The maximum Gasteiger partial charge on any atom is 0.254 e. The summed E-state index contributed by atoms with van der Waals surface area (Å²) in [7, 11) is -4.03. The Hall–Kier alpha value is -0.990. The van der Waals surface area contributed by atoms with Crippen LogP contribution in [0.15, 0.2) is 21.5 Å². The van der Waals surface area contributed by atoms with Crippen molar-refractivity contribution < 1.29 is 17.6 Å². The SMILES string of the molecule is NS(=O)(=O)c1cc(C(=O)NCCCC2CC2)c(F)cc1Br. The molecule has 1 amide bonds. The summed E-state index contributed by atoms with van der Waals surface area (Å²) >= 11 is 2.92. The Morgan fingerprint density at radius 2 is 2.10 bits per heavy atom. The molecule has 0 atom stereocenters. The van der Waals surface area contributed by atoms with E-state index in [9.17, 15) is 17.6 Å². The van der Waals surface area contributed by atoms with E-state index in [2.05, 4.69) is 21.2 Å². The summed E-state index contributed by atoms with van der Waals surface area (Å²) in [6, 6.07) is 1.88. The molecule has 3 N–H and O–H groups in total. The molecule has 0 bridgehead atoms. The third kappa shape index (κ3) is 4.49. The third-order valence-corrected chi connectivity index (χ3v) is 5.21. The maximum atomic E-state index is 13.8. The number of nitrogens with two attached hydrogens (primary N) is 1. The number of carbonyl (C=O) groups is 1. The summed E-state index contributed by atoms with van der Waals surface area (Å²) in [5.41, 5.74) is -0.325. The van der Waals surface area contributed by atoms with Gasteiger partial charge >= 0.3 is 0 Å². The molecule has 0 aliphatic heterocycles. The average Bonchev–Trinajstić information content (AvgIpc) is 3.16. The second-order valence-corrected chi connectivity index (χ2v) is 7.53. The highest BCUT2D eigenvalue weighted by Gasteiger charge is 2.22. The zero-order valence-corrected chi connectivity index (χ0v) is 13.6. The van der Waals surface area contributed by atoms with Gasteiger partial charge in [0, 0.05) is 11.0 Å². The van der Waals surface area contributed by atoms with Crippen molar-refractivity contribution in [3.63, 3.8) is 0 Å². The topological polar surface area (TPSA) is 89.3 Å². The van der Waals surface area contributed by atoms with Gasteiger partial charge in [0.25, 0.3) is 5.91 Å². The number of hydrogen-bond donors (Lipinski definition) is 2. The zero-order chi connectivity index (χ0) is 15.6. The van der Waals surface area contributed by atoms with E-state index in [-0.39, 0.29) is 14.9 Å². The van der Waals surface area contributed by atoms with Crippen molar-refractivity contribution in [1.29, 1.82) is 0 Å².